The first-order chi connectivity index (χ1) is 8.74. The molecule has 0 bridgehead atoms. The molecule has 1 fully saturated rings. The fourth-order valence-electron chi connectivity index (χ4n) is 2.43. The van der Waals surface area contributed by atoms with Crippen LogP contribution in [0.15, 0.2) is 29.2 Å². The fraction of sp³-hybridized carbons (Fsp3) is 0.600. The molecule has 0 amide bonds. The van der Waals surface area contributed by atoms with Crippen LogP contribution >= 0.6 is 11.8 Å². The number of halogens is 1. The van der Waals surface area contributed by atoms with Gasteiger partial charge in [0.05, 0.1) is 0 Å². The van der Waals surface area contributed by atoms with E-state index >= 15 is 0 Å². The van der Waals surface area contributed by atoms with E-state index < -0.39 is 0 Å². The van der Waals surface area contributed by atoms with Crippen molar-refractivity contribution in [3.63, 3.8) is 0 Å². The Balaban J connectivity index is 1.60. The van der Waals surface area contributed by atoms with Gasteiger partial charge in [-0.15, -0.1) is 11.8 Å². The Morgan fingerprint density at radius 3 is 2.50 bits per heavy atom. The van der Waals surface area contributed by atoms with E-state index in [1.807, 2.05) is 12.1 Å². The molecule has 0 aliphatic heterocycles. The Hall–Kier alpha value is -0.540. The predicted octanol–water partition coefficient (Wildman–Crippen LogP) is 4.09. The van der Waals surface area contributed by atoms with Gasteiger partial charge < -0.3 is 5.32 Å². The number of rotatable bonds is 5. The van der Waals surface area contributed by atoms with Crippen molar-refractivity contribution in [1.82, 2.24) is 5.32 Å². The summed E-state index contributed by atoms with van der Waals surface area (Å²) in [5.74, 6) is 1.81. The van der Waals surface area contributed by atoms with Crippen LogP contribution in [0.5, 0.6) is 0 Å². The van der Waals surface area contributed by atoms with Crippen molar-refractivity contribution in [3.8, 4) is 0 Å². The van der Waals surface area contributed by atoms with Gasteiger partial charge in [0.1, 0.15) is 5.82 Å². The average molecular weight is 267 g/mol. The van der Waals surface area contributed by atoms with Crippen molar-refractivity contribution in [1.29, 1.82) is 0 Å². The Morgan fingerprint density at radius 2 is 1.83 bits per heavy atom. The van der Waals surface area contributed by atoms with Gasteiger partial charge in [-0.05, 0) is 55.9 Å². The second-order valence-corrected chi connectivity index (χ2v) is 6.38. The molecule has 3 heteroatoms. The van der Waals surface area contributed by atoms with Crippen LogP contribution in [0, 0.1) is 11.7 Å². The highest BCUT2D eigenvalue weighted by Crippen LogP contribution is 2.23. The van der Waals surface area contributed by atoms with Crippen molar-refractivity contribution in [2.24, 2.45) is 5.92 Å². The molecule has 1 saturated carbocycles. The summed E-state index contributed by atoms with van der Waals surface area (Å²) in [6.45, 7) is 3.39. The lowest BCUT2D eigenvalue weighted by Crippen LogP contribution is -2.34. The topological polar surface area (TPSA) is 12.0 Å². The van der Waals surface area contributed by atoms with E-state index in [-0.39, 0.29) is 5.82 Å². The van der Waals surface area contributed by atoms with E-state index in [1.54, 1.807) is 11.8 Å². The molecule has 0 aromatic heterocycles. The molecule has 1 aromatic rings. The quantitative estimate of drug-likeness (QED) is 0.637. The Labute approximate surface area is 114 Å². The molecule has 2 rings (SSSR count). The molecule has 1 nitrogen and oxygen atoms in total. The zero-order valence-corrected chi connectivity index (χ0v) is 11.8. The van der Waals surface area contributed by atoms with Crippen molar-refractivity contribution < 1.29 is 4.39 Å². The van der Waals surface area contributed by atoms with Crippen LogP contribution in [0.1, 0.15) is 32.6 Å². The molecule has 0 heterocycles. The maximum atomic E-state index is 12.7. The largest absolute Gasteiger partial charge is 0.313 e. The molecule has 0 spiro atoms. The summed E-state index contributed by atoms with van der Waals surface area (Å²) in [5, 5.41) is 3.63. The molecule has 1 aliphatic carbocycles. The first kappa shape index (κ1) is 13.9. The molecular weight excluding hydrogens is 245 g/mol. The summed E-state index contributed by atoms with van der Waals surface area (Å²) in [4.78, 5) is 1.15. The zero-order valence-electron chi connectivity index (χ0n) is 11.0. The number of nitrogens with one attached hydrogen (secondary N) is 1. The average Bonchev–Trinajstić information content (AvgIpc) is 2.39. The third-order valence-electron chi connectivity index (χ3n) is 3.63. The summed E-state index contributed by atoms with van der Waals surface area (Å²) >= 11 is 1.79. The van der Waals surface area contributed by atoms with E-state index in [2.05, 4.69) is 12.2 Å². The third-order valence-corrected chi connectivity index (χ3v) is 4.65. The molecule has 18 heavy (non-hydrogen) atoms. The molecule has 0 radical (unpaired) electrons. The Kier molecular flexibility index (Phi) is 5.51. The second kappa shape index (κ2) is 7.15. The molecule has 0 saturated heterocycles. The molecular formula is C15H22FNS. The lowest BCUT2D eigenvalue weighted by atomic mass is 9.87. The van der Waals surface area contributed by atoms with Crippen LogP contribution < -0.4 is 5.32 Å². The molecule has 0 unspecified atom stereocenters. The van der Waals surface area contributed by atoms with E-state index in [1.165, 1.54) is 37.8 Å². The number of hydrogen-bond donors (Lipinski definition) is 1. The lowest BCUT2D eigenvalue weighted by molar-refractivity contribution is 0.312. The maximum absolute atomic E-state index is 12.7. The lowest BCUT2D eigenvalue weighted by Gasteiger charge is -2.26. The SMILES string of the molecule is CC1CCC(NCCSc2ccc(F)cc2)CC1. The van der Waals surface area contributed by atoms with E-state index in [0.29, 0.717) is 0 Å². The fourth-order valence-corrected chi connectivity index (χ4v) is 3.21. The Morgan fingerprint density at radius 1 is 1.17 bits per heavy atom. The highest BCUT2D eigenvalue weighted by Gasteiger charge is 2.16. The highest BCUT2D eigenvalue weighted by molar-refractivity contribution is 7.99. The second-order valence-electron chi connectivity index (χ2n) is 5.21. The Bertz CT molecular complexity index is 344. The monoisotopic (exact) mass is 267 g/mol. The highest BCUT2D eigenvalue weighted by atomic mass is 32.2. The van der Waals surface area contributed by atoms with E-state index in [0.717, 1.165) is 29.2 Å². The normalized spacial score (nSPS) is 24.1. The van der Waals surface area contributed by atoms with Gasteiger partial charge in [-0.3, -0.25) is 0 Å². The van der Waals surface area contributed by atoms with Gasteiger partial charge in [0.2, 0.25) is 0 Å². The summed E-state index contributed by atoms with van der Waals surface area (Å²) in [5.41, 5.74) is 0. The number of hydrogen-bond acceptors (Lipinski definition) is 2. The van der Waals surface area contributed by atoms with Crippen LogP contribution in [0.25, 0.3) is 0 Å². The molecule has 0 atom stereocenters. The van der Waals surface area contributed by atoms with Gasteiger partial charge in [0.15, 0.2) is 0 Å². The van der Waals surface area contributed by atoms with Gasteiger partial charge in [0.25, 0.3) is 0 Å². The first-order valence-electron chi connectivity index (χ1n) is 6.86. The minimum Gasteiger partial charge on any atom is -0.313 e. The molecule has 100 valence electrons. The van der Waals surface area contributed by atoms with Gasteiger partial charge in [-0.1, -0.05) is 6.92 Å². The maximum Gasteiger partial charge on any atom is 0.123 e. The third kappa shape index (κ3) is 4.62. The van der Waals surface area contributed by atoms with E-state index in [9.17, 15) is 4.39 Å². The first-order valence-corrected chi connectivity index (χ1v) is 7.84. The van der Waals surface area contributed by atoms with Crippen molar-refractivity contribution >= 4 is 11.8 Å². The van der Waals surface area contributed by atoms with Crippen LogP contribution in [0.3, 0.4) is 0 Å². The van der Waals surface area contributed by atoms with Crippen molar-refractivity contribution in [2.75, 3.05) is 12.3 Å². The van der Waals surface area contributed by atoms with E-state index in [4.69, 9.17) is 0 Å². The molecule has 1 N–H and O–H groups in total. The predicted molar refractivity (Wildman–Crippen MR) is 76.5 cm³/mol. The summed E-state index contributed by atoms with van der Waals surface area (Å²) in [6.07, 6.45) is 5.37. The minimum atomic E-state index is -0.159. The number of benzene rings is 1. The van der Waals surface area contributed by atoms with Gasteiger partial charge in [0, 0.05) is 23.2 Å². The van der Waals surface area contributed by atoms with Gasteiger partial charge in [-0.2, -0.15) is 0 Å². The van der Waals surface area contributed by atoms with Crippen molar-refractivity contribution in [2.45, 2.75) is 43.5 Å². The molecule has 1 aliphatic rings. The summed E-state index contributed by atoms with van der Waals surface area (Å²) < 4.78 is 12.7. The minimum absolute atomic E-state index is 0.159. The summed E-state index contributed by atoms with van der Waals surface area (Å²) in [6, 6.07) is 7.47. The summed E-state index contributed by atoms with van der Waals surface area (Å²) in [7, 11) is 0. The van der Waals surface area contributed by atoms with Crippen LogP contribution in [0.2, 0.25) is 0 Å². The van der Waals surface area contributed by atoms with Gasteiger partial charge >= 0.3 is 0 Å². The smallest absolute Gasteiger partial charge is 0.123 e. The standard InChI is InChI=1S/C15H22FNS/c1-12-2-6-14(7-3-12)17-10-11-18-15-8-4-13(16)5-9-15/h4-5,8-9,12,14,17H,2-3,6-7,10-11H2,1H3. The van der Waals surface area contributed by atoms with Crippen LogP contribution in [0.4, 0.5) is 4.39 Å². The van der Waals surface area contributed by atoms with Crippen LogP contribution in [-0.4, -0.2) is 18.3 Å². The number of thioether (sulfide) groups is 1. The van der Waals surface area contributed by atoms with Crippen molar-refractivity contribution in [3.05, 3.63) is 30.1 Å². The van der Waals surface area contributed by atoms with Gasteiger partial charge in [-0.25, -0.2) is 4.39 Å². The van der Waals surface area contributed by atoms with Crippen LogP contribution in [-0.2, 0) is 0 Å². The zero-order chi connectivity index (χ0) is 12.8. The molecule has 1 aromatic carbocycles.